The molecule has 0 aliphatic heterocycles. The molecule has 0 aliphatic carbocycles. The number of fused-ring (bicyclic) bond motifs is 1. The van der Waals surface area contributed by atoms with E-state index in [1.165, 1.54) is 7.11 Å². The van der Waals surface area contributed by atoms with Crippen molar-refractivity contribution in [2.24, 2.45) is 0 Å². The molecule has 2 aromatic heterocycles. The van der Waals surface area contributed by atoms with Crippen LogP contribution in [0.4, 0.5) is 0 Å². The second kappa shape index (κ2) is 6.90. The number of hydrogen-bond donors (Lipinski definition) is 1. The summed E-state index contributed by atoms with van der Waals surface area (Å²) in [7, 11) is 1.48. The monoisotopic (exact) mass is 364 g/mol. The molecule has 0 unspecified atom stereocenters. The summed E-state index contributed by atoms with van der Waals surface area (Å²) in [4.78, 5) is 7.76. The van der Waals surface area contributed by atoms with E-state index in [0.717, 1.165) is 27.6 Å². The van der Waals surface area contributed by atoms with Gasteiger partial charge in [0.25, 0.3) is 0 Å². The SMILES string of the molecule is COc1nc(-c2c[nH]c3ccccc23)c(C#N)c(-c2ccc(C)cc2)c1C#N. The Morgan fingerprint density at radius 3 is 2.36 bits per heavy atom. The molecule has 0 atom stereocenters. The first-order valence-electron chi connectivity index (χ1n) is 8.73. The first kappa shape index (κ1) is 17.3. The van der Waals surface area contributed by atoms with E-state index in [0.29, 0.717) is 16.8 Å². The molecule has 4 rings (SSSR count). The fraction of sp³-hybridized carbons (Fsp3) is 0.0870. The standard InChI is InChI=1S/C23H16N4O/c1-14-7-9-15(10-8-14)21-17(11-24)22(27-23(28-2)18(21)12-25)19-13-26-20-6-4-3-5-16(19)20/h3-10,13,26H,1-2H3. The number of aryl methyl sites for hydroxylation is 1. The van der Waals surface area contributed by atoms with E-state index in [1.807, 2.05) is 61.7 Å². The highest BCUT2D eigenvalue weighted by molar-refractivity contribution is 5.98. The lowest BCUT2D eigenvalue weighted by molar-refractivity contribution is 0.397. The molecule has 0 saturated carbocycles. The van der Waals surface area contributed by atoms with Crippen molar-refractivity contribution in [3.05, 3.63) is 71.4 Å². The molecule has 5 nitrogen and oxygen atoms in total. The third-order valence-corrected chi connectivity index (χ3v) is 4.77. The van der Waals surface area contributed by atoms with E-state index in [-0.39, 0.29) is 11.4 Å². The third-order valence-electron chi connectivity index (χ3n) is 4.77. The highest BCUT2D eigenvalue weighted by Crippen LogP contribution is 2.39. The van der Waals surface area contributed by atoms with Gasteiger partial charge in [-0.15, -0.1) is 0 Å². The summed E-state index contributed by atoms with van der Waals surface area (Å²) in [6, 6.07) is 20.0. The molecular formula is C23H16N4O. The summed E-state index contributed by atoms with van der Waals surface area (Å²) in [5.74, 6) is 0.206. The van der Waals surface area contributed by atoms with E-state index in [9.17, 15) is 10.5 Å². The number of nitrogens with zero attached hydrogens (tertiary/aromatic N) is 3. The van der Waals surface area contributed by atoms with Crippen LogP contribution in [0.3, 0.4) is 0 Å². The second-order valence-electron chi connectivity index (χ2n) is 6.43. The van der Waals surface area contributed by atoms with Crippen LogP contribution in [0, 0.1) is 29.6 Å². The summed E-state index contributed by atoms with van der Waals surface area (Å²) in [6.45, 7) is 1.99. The fourth-order valence-corrected chi connectivity index (χ4v) is 3.40. The van der Waals surface area contributed by atoms with Crippen molar-refractivity contribution >= 4 is 10.9 Å². The number of nitrogens with one attached hydrogen (secondary N) is 1. The van der Waals surface area contributed by atoms with E-state index < -0.39 is 0 Å². The number of H-pyrrole nitrogens is 1. The van der Waals surface area contributed by atoms with E-state index >= 15 is 0 Å². The van der Waals surface area contributed by atoms with Crippen LogP contribution in [0.25, 0.3) is 33.3 Å². The summed E-state index contributed by atoms with van der Waals surface area (Å²) in [5.41, 5.74) is 5.26. The van der Waals surface area contributed by atoms with E-state index in [1.54, 1.807) is 0 Å². The lowest BCUT2D eigenvalue weighted by Crippen LogP contribution is -2.02. The number of pyridine rings is 1. The van der Waals surface area contributed by atoms with Gasteiger partial charge in [0.15, 0.2) is 0 Å². The van der Waals surface area contributed by atoms with Gasteiger partial charge in [-0.25, -0.2) is 4.98 Å². The molecular weight excluding hydrogens is 348 g/mol. The van der Waals surface area contributed by atoms with Crippen LogP contribution in [0.5, 0.6) is 5.88 Å². The maximum atomic E-state index is 10.0. The van der Waals surface area contributed by atoms with Crippen molar-refractivity contribution in [3.8, 4) is 40.4 Å². The fourth-order valence-electron chi connectivity index (χ4n) is 3.40. The largest absolute Gasteiger partial charge is 0.480 e. The molecule has 1 N–H and O–H groups in total. The molecule has 0 fully saturated rings. The summed E-state index contributed by atoms with van der Waals surface area (Å²) < 4.78 is 5.42. The van der Waals surface area contributed by atoms with Crippen LogP contribution in [0.1, 0.15) is 16.7 Å². The molecule has 2 aromatic carbocycles. The average molecular weight is 364 g/mol. The van der Waals surface area contributed by atoms with Crippen LogP contribution in [-0.4, -0.2) is 17.1 Å². The lowest BCUT2D eigenvalue weighted by Gasteiger charge is -2.14. The van der Waals surface area contributed by atoms with Gasteiger partial charge in [-0.2, -0.15) is 10.5 Å². The zero-order chi connectivity index (χ0) is 19.7. The second-order valence-corrected chi connectivity index (χ2v) is 6.43. The Morgan fingerprint density at radius 2 is 1.68 bits per heavy atom. The first-order valence-corrected chi connectivity index (χ1v) is 8.73. The topological polar surface area (TPSA) is 85.5 Å². The molecule has 134 valence electrons. The van der Waals surface area contributed by atoms with Gasteiger partial charge in [-0.3, -0.25) is 0 Å². The first-order chi connectivity index (χ1) is 13.7. The minimum atomic E-state index is 0.206. The van der Waals surface area contributed by atoms with Crippen LogP contribution < -0.4 is 4.74 Å². The minimum absolute atomic E-state index is 0.206. The van der Waals surface area contributed by atoms with Crippen molar-refractivity contribution < 1.29 is 4.74 Å². The quantitative estimate of drug-likeness (QED) is 0.557. The molecule has 0 spiro atoms. The van der Waals surface area contributed by atoms with Gasteiger partial charge in [0.1, 0.15) is 17.7 Å². The van der Waals surface area contributed by atoms with Gasteiger partial charge in [-0.1, -0.05) is 48.0 Å². The number of hydrogen-bond acceptors (Lipinski definition) is 4. The van der Waals surface area contributed by atoms with Gasteiger partial charge in [-0.05, 0) is 18.6 Å². The van der Waals surface area contributed by atoms with Crippen LogP contribution in [-0.2, 0) is 0 Å². The van der Waals surface area contributed by atoms with Crippen molar-refractivity contribution in [1.29, 1.82) is 10.5 Å². The predicted molar refractivity (Wildman–Crippen MR) is 108 cm³/mol. The number of rotatable bonds is 3. The van der Waals surface area contributed by atoms with Crippen molar-refractivity contribution in [2.75, 3.05) is 7.11 Å². The zero-order valence-corrected chi connectivity index (χ0v) is 15.4. The smallest absolute Gasteiger partial charge is 0.232 e. The van der Waals surface area contributed by atoms with Gasteiger partial charge in [0, 0.05) is 28.2 Å². The molecule has 0 saturated heterocycles. The normalized spacial score (nSPS) is 10.4. The van der Waals surface area contributed by atoms with Crippen LogP contribution in [0.15, 0.2) is 54.7 Å². The minimum Gasteiger partial charge on any atom is -0.480 e. The molecule has 5 heteroatoms. The number of methoxy groups -OCH3 is 1. The number of nitriles is 2. The zero-order valence-electron chi connectivity index (χ0n) is 15.4. The third kappa shape index (κ3) is 2.67. The molecule has 0 bridgehead atoms. The Bertz CT molecular complexity index is 1270. The Kier molecular flexibility index (Phi) is 4.27. The van der Waals surface area contributed by atoms with Gasteiger partial charge < -0.3 is 9.72 Å². The Morgan fingerprint density at radius 1 is 0.964 bits per heavy atom. The number of ether oxygens (including phenoxy) is 1. The van der Waals surface area contributed by atoms with Crippen molar-refractivity contribution in [1.82, 2.24) is 9.97 Å². The number of aromatic nitrogens is 2. The highest BCUT2D eigenvalue weighted by Gasteiger charge is 2.24. The van der Waals surface area contributed by atoms with Gasteiger partial charge in [0.05, 0.1) is 18.4 Å². The molecule has 28 heavy (non-hydrogen) atoms. The summed E-state index contributed by atoms with van der Waals surface area (Å²) in [5, 5.41) is 20.7. The number of aromatic amines is 1. The van der Waals surface area contributed by atoms with E-state index in [2.05, 4.69) is 22.1 Å². The lowest BCUT2D eigenvalue weighted by atomic mass is 9.92. The van der Waals surface area contributed by atoms with Gasteiger partial charge >= 0.3 is 0 Å². The average Bonchev–Trinajstić information content (AvgIpc) is 3.16. The van der Waals surface area contributed by atoms with Crippen molar-refractivity contribution in [3.63, 3.8) is 0 Å². The Balaban J connectivity index is 2.11. The predicted octanol–water partition coefficient (Wildman–Crippen LogP) is 4.96. The molecule has 0 aliphatic rings. The molecule has 4 aromatic rings. The molecule has 0 amide bonds. The molecule has 0 radical (unpaired) electrons. The summed E-state index contributed by atoms with van der Waals surface area (Å²) in [6.07, 6.45) is 1.83. The maximum absolute atomic E-state index is 10.0. The van der Waals surface area contributed by atoms with Crippen molar-refractivity contribution in [2.45, 2.75) is 6.92 Å². The number of para-hydroxylation sites is 1. The summed E-state index contributed by atoms with van der Waals surface area (Å²) >= 11 is 0. The van der Waals surface area contributed by atoms with E-state index in [4.69, 9.17) is 4.74 Å². The Hall–Kier alpha value is -4.09. The highest BCUT2D eigenvalue weighted by atomic mass is 16.5. The number of benzene rings is 2. The maximum Gasteiger partial charge on any atom is 0.232 e. The Labute approximate surface area is 162 Å². The van der Waals surface area contributed by atoms with Gasteiger partial charge in [0.2, 0.25) is 5.88 Å². The molecule has 2 heterocycles. The van der Waals surface area contributed by atoms with Crippen LogP contribution >= 0.6 is 0 Å². The van der Waals surface area contributed by atoms with Crippen LogP contribution in [0.2, 0.25) is 0 Å².